The van der Waals surface area contributed by atoms with Crippen LogP contribution in [0, 0.1) is 5.82 Å². The van der Waals surface area contributed by atoms with E-state index >= 15 is 0 Å². The van der Waals surface area contributed by atoms with Crippen LogP contribution < -0.4 is 5.32 Å². The maximum absolute atomic E-state index is 12.7. The fraction of sp³-hybridized carbons (Fsp3) is 0.462. The molecule has 1 aromatic rings. The van der Waals surface area contributed by atoms with Crippen molar-refractivity contribution in [3.8, 4) is 0 Å². The van der Waals surface area contributed by atoms with Crippen molar-refractivity contribution in [1.82, 2.24) is 10.2 Å². The van der Waals surface area contributed by atoms with E-state index in [9.17, 15) is 9.18 Å². The first kappa shape index (κ1) is 13.6. The molecule has 0 bridgehead atoms. The van der Waals surface area contributed by atoms with E-state index in [1.807, 2.05) is 6.92 Å². The van der Waals surface area contributed by atoms with Crippen LogP contribution in [0.2, 0.25) is 0 Å². The van der Waals surface area contributed by atoms with Crippen LogP contribution in [0.5, 0.6) is 0 Å². The SMILES string of the molecule is CC(NCCc1ccc(F)cc1)C(=O)N(C)C. The summed E-state index contributed by atoms with van der Waals surface area (Å²) in [5.41, 5.74) is 1.06. The Balaban J connectivity index is 2.33. The van der Waals surface area contributed by atoms with Crippen molar-refractivity contribution in [3.05, 3.63) is 35.6 Å². The topological polar surface area (TPSA) is 32.3 Å². The van der Waals surface area contributed by atoms with Gasteiger partial charge in [-0.2, -0.15) is 0 Å². The second kappa shape index (κ2) is 6.35. The highest BCUT2D eigenvalue weighted by Crippen LogP contribution is 2.03. The van der Waals surface area contributed by atoms with Crippen molar-refractivity contribution in [2.45, 2.75) is 19.4 Å². The van der Waals surface area contributed by atoms with E-state index in [0.29, 0.717) is 6.54 Å². The highest BCUT2D eigenvalue weighted by molar-refractivity contribution is 5.80. The van der Waals surface area contributed by atoms with Crippen LogP contribution in [0.25, 0.3) is 0 Å². The van der Waals surface area contributed by atoms with Crippen LogP contribution in [-0.4, -0.2) is 37.5 Å². The molecule has 0 aromatic heterocycles. The van der Waals surface area contributed by atoms with E-state index in [-0.39, 0.29) is 17.8 Å². The van der Waals surface area contributed by atoms with E-state index < -0.39 is 0 Å². The number of halogens is 1. The van der Waals surface area contributed by atoms with Gasteiger partial charge in [0.25, 0.3) is 0 Å². The van der Waals surface area contributed by atoms with E-state index in [4.69, 9.17) is 0 Å². The standard InChI is InChI=1S/C13H19FN2O/c1-10(13(17)16(2)3)15-9-8-11-4-6-12(14)7-5-11/h4-7,10,15H,8-9H2,1-3H3. The summed E-state index contributed by atoms with van der Waals surface area (Å²) in [4.78, 5) is 13.1. The van der Waals surface area contributed by atoms with Gasteiger partial charge >= 0.3 is 0 Å². The largest absolute Gasteiger partial charge is 0.347 e. The zero-order chi connectivity index (χ0) is 12.8. The summed E-state index contributed by atoms with van der Waals surface area (Å²) in [6, 6.07) is 6.23. The molecule has 0 saturated heterocycles. The monoisotopic (exact) mass is 238 g/mol. The Morgan fingerprint density at radius 3 is 2.47 bits per heavy atom. The number of hydrogen-bond donors (Lipinski definition) is 1. The number of benzene rings is 1. The lowest BCUT2D eigenvalue weighted by molar-refractivity contribution is -0.130. The van der Waals surface area contributed by atoms with Crippen LogP contribution >= 0.6 is 0 Å². The predicted octanol–water partition coefficient (Wildman–Crippen LogP) is 1.43. The minimum absolute atomic E-state index is 0.0594. The zero-order valence-electron chi connectivity index (χ0n) is 10.5. The molecule has 1 amide bonds. The van der Waals surface area contributed by atoms with Gasteiger partial charge in [-0.3, -0.25) is 4.79 Å². The third kappa shape index (κ3) is 4.53. The summed E-state index contributed by atoms with van der Waals surface area (Å²) in [7, 11) is 3.47. The molecule has 94 valence electrons. The molecule has 0 spiro atoms. The Morgan fingerprint density at radius 2 is 1.94 bits per heavy atom. The van der Waals surface area contributed by atoms with Gasteiger partial charge < -0.3 is 10.2 Å². The average molecular weight is 238 g/mol. The lowest BCUT2D eigenvalue weighted by atomic mass is 10.1. The lowest BCUT2D eigenvalue weighted by Gasteiger charge is -2.17. The van der Waals surface area contributed by atoms with E-state index in [0.717, 1.165) is 12.0 Å². The molecule has 17 heavy (non-hydrogen) atoms. The zero-order valence-corrected chi connectivity index (χ0v) is 10.5. The van der Waals surface area contributed by atoms with Crippen LogP contribution in [0.15, 0.2) is 24.3 Å². The Morgan fingerprint density at radius 1 is 1.35 bits per heavy atom. The molecular weight excluding hydrogens is 219 g/mol. The smallest absolute Gasteiger partial charge is 0.238 e. The molecule has 4 heteroatoms. The van der Waals surface area contributed by atoms with Crippen LogP contribution in [0.1, 0.15) is 12.5 Å². The van der Waals surface area contributed by atoms with Gasteiger partial charge in [0.2, 0.25) is 5.91 Å². The molecule has 3 nitrogen and oxygen atoms in total. The highest BCUT2D eigenvalue weighted by Gasteiger charge is 2.13. The Kier molecular flexibility index (Phi) is 5.10. The van der Waals surface area contributed by atoms with E-state index in [1.54, 1.807) is 31.1 Å². The fourth-order valence-corrected chi connectivity index (χ4v) is 1.56. The van der Waals surface area contributed by atoms with Gasteiger partial charge in [-0.25, -0.2) is 4.39 Å². The number of nitrogens with one attached hydrogen (secondary N) is 1. The van der Waals surface area contributed by atoms with Crippen molar-refractivity contribution < 1.29 is 9.18 Å². The fourth-order valence-electron chi connectivity index (χ4n) is 1.56. The molecule has 0 aliphatic rings. The maximum atomic E-state index is 12.7. The predicted molar refractivity (Wildman–Crippen MR) is 66.3 cm³/mol. The third-order valence-electron chi connectivity index (χ3n) is 2.59. The van der Waals surface area contributed by atoms with Gasteiger partial charge in [0.05, 0.1) is 6.04 Å². The summed E-state index contributed by atoms with van der Waals surface area (Å²) < 4.78 is 12.7. The molecule has 1 atom stereocenters. The second-order valence-electron chi connectivity index (χ2n) is 4.28. The van der Waals surface area contributed by atoms with Gasteiger partial charge in [-0.15, -0.1) is 0 Å². The number of carbonyl (C=O) groups excluding carboxylic acids is 1. The van der Waals surface area contributed by atoms with Crippen molar-refractivity contribution in [2.75, 3.05) is 20.6 Å². The summed E-state index contributed by atoms with van der Waals surface area (Å²) >= 11 is 0. The van der Waals surface area contributed by atoms with E-state index in [2.05, 4.69) is 5.32 Å². The number of rotatable bonds is 5. The van der Waals surface area contributed by atoms with Crippen molar-refractivity contribution in [3.63, 3.8) is 0 Å². The van der Waals surface area contributed by atoms with Gasteiger partial charge in [-0.1, -0.05) is 12.1 Å². The molecule has 0 aliphatic carbocycles. The maximum Gasteiger partial charge on any atom is 0.238 e. The number of nitrogens with zero attached hydrogens (tertiary/aromatic N) is 1. The Hall–Kier alpha value is -1.42. The van der Waals surface area contributed by atoms with Gasteiger partial charge in [0, 0.05) is 14.1 Å². The van der Waals surface area contributed by atoms with Crippen molar-refractivity contribution in [1.29, 1.82) is 0 Å². The molecule has 0 aliphatic heterocycles. The van der Waals surface area contributed by atoms with Crippen molar-refractivity contribution in [2.24, 2.45) is 0 Å². The first-order valence-electron chi connectivity index (χ1n) is 5.69. The third-order valence-corrected chi connectivity index (χ3v) is 2.59. The summed E-state index contributed by atoms with van der Waals surface area (Å²) in [5.74, 6) is -0.165. The van der Waals surface area contributed by atoms with Crippen LogP contribution in [0.3, 0.4) is 0 Å². The second-order valence-corrected chi connectivity index (χ2v) is 4.28. The molecule has 0 radical (unpaired) electrons. The van der Waals surface area contributed by atoms with Gasteiger partial charge in [-0.05, 0) is 37.6 Å². The molecule has 0 heterocycles. The normalized spacial score (nSPS) is 12.2. The minimum atomic E-state index is -0.224. The number of hydrogen-bond acceptors (Lipinski definition) is 2. The van der Waals surface area contributed by atoms with E-state index in [1.165, 1.54) is 12.1 Å². The quantitative estimate of drug-likeness (QED) is 0.841. The Labute approximate surface area is 102 Å². The number of carbonyl (C=O) groups is 1. The minimum Gasteiger partial charge on any atom is -0.347 e. The lowest BCUT2D eigenvalue weighted by Crippen LogP contribution is -2.42. The molecule has 1 rings (SSSR count). The molecule has 1 N–H and O–H groups in total. The summed E-state index contributed by atoms with van der Waals surface area (Å²) in [6.45, 7) is 2.54. The molecule has 1 aromatic carbocycles. The number of amides is 1. The van der Waals surface area contributed by atoms with Crippen LogP contribution in [0.4, 0.5) is 4.39 Å². The molecular formula is C13H19FN2O. The molecule has 0 fully saturated rings. The first-order valence-corrected chi connectivity index (χ1v) is 5.69. The van der Waals surface area contributed by atoms with Gasteiger partial charge in [0.1, 0.15) is 5.82 Å². The summed E-state index contributed by atoms with van der Waals surface area (Å²) in [6.07, 6.45) is 0.783. The number of likely N-dealkylation sites (N-methyl/N-ethyl adjacent to an activating group) is 1. The van der Waals surface area contributed by atoms with Crippen molar-refractivity contribution >= 4 is 5.91 Å². The highest BCUT2D eigenvalue weighted by atomic mass is 19.1. The van der Waals surface area contributed by atoms with Crippen LogP contribution in [-0.2, 0) is 11.2 Å². The Bertz CT molecular complexity index is 362. The summed E-state index contributed by atoms with van der Waals surface area (Å²) in [5, 5.41) is 3.14. The molecule has 0 saturated carbocycles. The first-order chi connectivity index (χ1) is 8.00. The average Bonchev–Trinajstić information content (AvgIpc) is 2.30. The molecule has 1 unspecified atom stereocenters. The van der Waals surface area contributed by atoms with Gasteiger partial charge in [0.15, 0.2) is 0 Å².